The molecule has 3 heterocycles. The zero-order valence-corrected chi connectivity index (χ0v) is 22.7. The number of imidazole rings is 1. The summed E-state index contributed by atoms with van der Waals surface area (Å²) in [4.78, 5) is 21.7. The normalized spacial score (nSPS) is 14.4. The molecule has 1 aliphatic rings. The monoisotopic (exact) mass is 533 g/mol. The van der Waals surface area contributed by atoms with Crippen molar-refractivity contribution in [2.75, 3.05) is 51.3 Å². The van der Waals surface area contributed by atoms with Crippen molar-refractivity contribution in [3.63, 3.8) is 0 Å². The SMILES string of the molecule is COCCCCCCCN1CCN(c2ccc(-c3nn4cc(-c5ccc(C(=O)O)cc5)nc4s3)cc2)CC1. The third-order valence-electron chi connectivity index (χ3n) is 7.15. The summed E-state index contributed by atoms with van der Waals surface area (Å²) < 4.78 is 6.92. The predicted molar refractivity (Wildman–Crippen MR) is 152 cm³/mol. The minimum absolute atomic E-state index is 0.264. The zero-order chi connectivity index (χ0) is 26.3. The van der Waals surface area contributed by atoms with Gasteiger partial charge in [0, 0.05) is 56.7 Å². The molecule has 9 heteroatoms. The van der Waals surface area contributed by atoms with Crippen molar-refractivity contribution in [2.45, 2.75) is 32.1 Å². The van der Waals surface area contributed by atoms with E-state index in [0.29, 0.717) is 0 Å². The van der Waals surface area contributed by atoms with Crippen molar-refractivity contribution in [1.82, 2.24) is 19.5 Å². The summed E-state index contributed by atoms with van der Waals surface area (Å²) in [6.45, 7) is 6.46. The van der Waals surface area contributed by atoms with Gasteiger partial charge in [0.15, 0.2) is 0 Å². The first-order chi connectivity index (χ1) is 18.6. The van der Waals surface area contributed by atoms with Crippen LogP contribution in [-0.4, -0.2) is 77.0 Å². The molecule has 8 nitrogen and oxygen atoms in total. The Hall–Kier alpha value is -3.27. The molecule has 1 fully saturated rings. The molecule has 0 amide bonds. The second-order valence-corrected chi connectivity index (χ2v) is 10.7. The number of unbranched alkanes of at least 4 members (excludes halogenated alkanes) is 4. The van der Waals surface area contributed by atoms with Crippen LogP contribution in [0.15, 0.2) is 54.7 Å². The molecule has 4 aromatic rings. The van der Waals surface area contributed by atoms with Crippen LogP contribution < -0.4 is 4.90 Å². The van der Waals surface area contributed by atoms with Crippen molar-refractivity contribution < 1.29 is 14.6 Å². The lowest BCUT2D eigenvalue weighted by Crippen LogP contribution is -2.46. The van der Waals surface area contributed by atoms with Crippen molar-refractivity contribution in [3.05, 3.63) is 60.3 Å². The van der Waals surface area contributed by atoms with Gasteiger partial charge in [-0.2, -0.15) is 5.10 Å². The van der Waals surface area contributed by atoms with E-state index in [2.05, 4.69) is 34.1 Å². The first-order valence-corrected chi connectivity index (χ1v) is 14.2. The molecule has 0 unspecified atom stereocenters. The number of aromatic carboxylic acids is 1. The average molecular weight is 534 g/mol. The van der Waals surface area contributed by atoms with Crippen LogP contribution in [-0.2, 0) is 4.74 Å². The van der Waals surface area contributed by atoms with E-state index < -0.39 is 5.97 Å². The van der Waals surface area contributed by atoms with Gasteiger partial charge in [0.1, 0.15) is 5.01 Å². The fraction of sp³-hybridized carbons (Fsp3) is 0.414. The number of carboxylic acids is 1. The standard InChI is InChI=1S/C29H35N5O3S/c1-37-20-6-4-2-3-5-15-32-16-18-33(19-17-32)25-13-11-23(12-14-25)27-31-34-21-26(30-29(34)38-27)22-7-9-24(10-8-22)28(35)36/h7-14,21H,2-6,15-20H2,1H3,(H,35,36). The van der Waals surface area contributed by atoms with Crippen molar-refractivity contribution in [2.24, 2.45) is 0 Å². The van der Waals surface area contributed by atoms with Crippen LogP contribution in [0.5, 0.6) is 0 Å². The second kappa shape index (κ2) is 12.5. The summed E-state index contributed by atoms with van der Waals surface area (Å²) in [5.74, 6) is -0.933. The van der Waals surface area contributed by atoms with Gasteiger partial charge in [0.25, 0.3) is 0 Å². The summed E-state index contributed by atoms with van der Waals surface area (Å²) in [5, 5.41) is 14.8. The van der Waals surface area contributed by atoms with Crippen LogP contribution in [0.3, 0.4) is 0 Å². The third-order valence-corrected chi connectivity index (χ3v) is 8.12. The van der Waals surface area contributed by atoms with Crippen LogP contribution in [0.4, 0.5) is 5.69 Å². The Morgan fingerprint density at radius 1 is 0.921 bits per heavy atom. The van der Waals surface area contributed by atoms with Gasteiger partial charge < -0.3 is 14.7 Å². The number of benzene rings is 2. The number of aromatic nitrogens is 3. The Kier molecular flexibility index (Phi) is 8.68. The van der Waals surface area contributed by atoms with E-state index in [4.69, 9.17) is 19.9 Å². The van der Waals surface area contributed by atoms with Crippen LogP contribution in [0.2, 0.25) is 0 Å². The molecule has 38 heavy (non-hydrogen) atoms. The first-order valence-electron chi connectivity index (χ1n) is 13.4. The van der Waals surface area contributed by atoms with Gasteiger partial charge in [-0.1, -0.05) is 42.7 Å². The quantitative estimate of drug-likeness (QED) is 0.239. The molecule has 1 N–H and O–H groups in total. The van der Waals surface area contributed by atoms with Crippen LogP contribution in [0.25, 0.3) is 26.8 Å². The molecule has 0 saturated carbocycles. The molecular formula is C29H35N5O3S. The third kappa shape index (κ3) is 6.40. The van der Waals surface area contributed by atoms with Gasteiger partial charge >= 0.3 is 5.97 Å². The van der Waals surface area contributed by atoms with Crippen molar-refractivity contribution in [3.8, 4) is 21.8 Å². The number of fused-ring (bicyclic) bond motifs is 1. The predicted octanol–water partition coefficient (Wildman–Crippen LogP) is 5.54. The fourth-order valence-electron chi connectivity index (χ4n) is 4.90. The molecule has 1 aliphatic heterocycles. The van der Waals surface area contributed by atoms with Crippen molar-refractivity contribution in [1.29, 1.82) is 0 Å². The number of piperazine rings is 1. The number of hydrogen-bond donors (Lipinski definition) is 1. The van der Waals surface area contributed by atoms with Gasteiger partial charge in [-0.3, -0.25) is 4.90 Å². The number of rotatable bonds is 12. The Balaban J connectivity index is 1.12. The topological polar surface area (TPSA) is 83.2 Å². The van der Waals surface area contributed by atoms with Crippen LogP contribution >= 0.6 is 11.3 Å². The maximum atomic E-state index is 11.1. The lowest BCUT2D eigenvalue weighted by atomic mass is 10.1. The molecule has 2 aromatic carbocycles. The first kappa shape index (κ1) is 26.3. The number of hydrogen-bond acceptors (Lipinski definition) is 7. The van der Waals surface area contributed by atoms with Crippen LogP contribution in [0, 0.1) is 0 Å². The zero-order valence-electron chi connectivity index (χ0n) is 21.9. The molecular weight excluding hydrogens is 498 g/mol. The number of methoxy groups -OCH3 is 1. The summed E-state index contributed by atoms with van der Waals surface area (Å²) in [6, 6.07) is 15.4. The summed E-state index contributed by atoms with van der Waals surface area (Å²) in [5.41, 5.74) is 4.27. The number of carbonyl (C=O) groups is 1. The smallest absolute Gasteiger partial charge is 0.335 e. The molecule has 1 saturated heterocycles. The lowest BCUT2D eigenvalue weighted by Gasteiger charge is -2.36. The summed E-state index contributed by atoms with van der Waals surface area (Å²) >= 11 is 1.55. The van der Waals surface area contributed by atoms with Gasteiger partial charge in [0.05, 0.1) is 17.5 Å². The molecule has 2 aromatic heterocycles. The highest BCUT2D eigenvalue weighted by Gasteiger charge is 2.17. The van der Waals surface area contributed by atoms with E-state index >= 15 is 0 Å². The van der Waals surface area contributed by atoms with Gasteiger partial charge in [-0.15, -0.1) is 0 Å². The molecule has 0 bridgehead atoms. The maximum absolute atomic E-state index is 11.1. The Labute approximate surface area is 227 Å². The highest BCUT2D eigenvalue weighted by molar-refractivity contribution is 7.19. The average Bonchev–Trinajstić information content (AvgIpc) is 3.53. The molecule has 0 aliphatic carbocycles. The Morgan fingerprint density at radius 2 is 1.61 bits per heavy atom. The molecule has 200 valence electrons. The van der Waals surface area contributed by atoms with E-state index in [0.717, 1.165) is 59.6 Å². The minimum atomic E-state index is -0.933. The highest BCUT2D eigenvalue weighted by Crippen LogP contribution is 2.30. The van der Waals surface area contributed by atoms with Gasteiger partial charge in [0.2, 0.25) is 4.96 Å². The number of carboxylic acid groups (broad SMARTS) is 1. The number of nitrogens with zero attached hydrogens (tertiary/aromatic N) is 5. The lowest BCUT2D eigenvalue weighted by molar-refractivity contribution is 0.0697. The largest absolute Gasteiger partial charge is 0.478 e. The van der Waals surface area contributed by atoms with Gasteiger partial charge in [-0.05, 0) is 55.8 Å². The van der Waals surface area contributed by atoms with Gasteiger partial charge in [-0.25, -0.2) is 14.3 Å². The summed E-state index contributed by atoms with van der Waals surface area (Å²) in [6.07, 6.45) is 8.25. The maximum Gasteiger partial charge on any atom is 0.335 e. The molecule has 0 spiro atoms. The Morgan fingerprint density at radius 3 is 2.29 bits per heavy atom. The highest BCUT2D eigenvalue weighted by atomic mass is 32.1. The van der Waals surface area contributed by atoms with E-state index in [1.165, 1.54) is 44.3 Å². The van der Waals surface area contributed by atoms with Crippen LogP contribution in [0.1, 0.15) is 42.5 Å². The summed E-state index contributed by atoms with van der Waals surface area (Å²) in [7, 11) is 1.78. The minimum Gasteiger partial charge on any atom is -0.478 e. The molecule has 5 rings (SSSR count). The second-order valence-electron chi connectivity index (χ2n) is 9.78. The van der Waals surface area contributed by atoms with Crippen molar-refractivity contribution >= 4 is 28.0 Å². The molecule has 0 radical (unpaired) electrons. The van der Waals surface area contributed by atoms with E-state index in [1.807, 2.05) is 6.20 Å². The number of anilines is 1. The van der Waals surface area contributed by atoms with E-state index in [-0.39, 0.29) is 5.56 Å². The Bertz CT molecular complexity index is 1290. The van der Waals surface area contributed by atoms with E-state index in [1.54, 1.807) is 47.2 Å². The fourth-order valence-corrected chi connectivity index (χ4v) is 5.78. The molecule has 0 atom stereocenters. The number of ether oxygens (including phenoxy) is 1. The van der Waals surface area contributed by atoms with E-state index in [9.17, 15) is 4.79 Å².